The molecule has 124 valence electrons. The monoisotopic (exact) mass is 298 g/mol. The van der Waals surface area contributed by atoms with Crippen molar-refractivity contribution in [2.45, 2.75) is 92.9 Å². The van der Waals surface area contributed by atoms with Crippen LogP contribution in [0.3, 0.4) is 0 Å². The highest BCUT2D eigenvalue weighted by Crippen LogP contribution is 2.34. The van der Waals surface area contributed by atoms with E-state index in [1.165, 1.54) is 0 Å². The largest absolute Gasteiger partial charge is 0.392 e. The minimum atomic E-state index is -0.537. The number of esters is 2. The molecule has 0 aliphatic carbocycles. The lowest BCUT2D eigenvalue weighted by atomic mass is 9.80. The van der Waals surface area contributed by atoms with Crippen LogP contribution in [0.15, 0.2) is 0 Å². The van der Waals surface area contributed by atoms with Crippen molar-refractivity contribution >= 4 is 11.9 Å². The summed E-state index contributed by atoms with van der Waals surface area (Å²) in [6.07, 6.45) is 6.88. The maximum atomic E-state index is 12.4. The Bertz CT molecular complexity index is 329. The molecular weight excluding hydrogens is 264 g/mol. The molecule has 0 saturated carbocycles. The van der Waals surface area contributed by atoms with Crippen LogP contribution < -0.4 is 0 Å². The van der Waals surface area contributed by atoms with Crippen LogP contribution in [0.1, 0.15) is 92.9 Å². The molecule has 0 aromatic rings. The second-order valence-corrected chi connectivity index (χ2v) is 6.76. The third-order valence-corrected chi connectivity index (χ3v) is 4.64. The van der Waals surface area contributed by atoms with E-state index in [1.807, 2.05) is 20.8 Å². The molecular formula is C18H34O3. The standard InChI is InChI=1S/C18H34O3/c1-7-11-14-17(5,10-4)15(19)21-16(20)18(6,12-8-2)13-9-3/h7-14H2,1-6H3. The molecule has 0 N–H and O–H groups in total. The Balaban J connectivity index is 4.90. The van der Waals surface area contributed by atoms with E-state index in [0.29, 0.717) is 6.42 Å². The molecule has 1 atom stereocenters. The average molecular weight is 298 g/mol. The van der Waals surface area contributed by atoms with Crippen molar-refractivity contribution in [3.05, 3.63) is 0 Å². The van der Waals surface area contributed by atoms with Gasteiger partial charge in [0.2, 0.25) is 0 Å². The number of carbonyl (C=O) groups excluding carboxylic acids is 2. The Morgan fingerprint density at radius 3 is 1.62 bits per heavy atom. The van der Waals surface area contributed by atoms with E-state index in [-0.39, 0.29) is 11.9 Å². The summed E-state index contributed by atoms with van der Waals surface area (Å²) in [5.74, 6) is -0.686. The lowest BCUT2D eigenvalue weighted by Crippen LogP contribution is -2.37. The first-order valence-corrected chi connectivity index (χ1v) is 8.56. The summed E-state index contributed by atoms with van der Waals surface area (Å²) >= 11 is 0. The van der Waals surface area contributed by atoms with Crippen LogP contribution in [0.25, 0.3) is 0 Å². The third kappa shape index (κ3) is 5.80. The zero-order valence-electron chi connectivity index (χ0n) is 14.9. The Labute approximate surface area is 130 Å². The van der Waals surface area contributed by atoms with Gasteiger partial charge in [-0.1, -0.05) is 53.4 Å². The number of hydrogen-bond donors (Lipinski definition) is 0. The Morgan fingerprint density at radius 1 is 0.762 bits per heavy atom. The number of rotatable bonds is 10. The van der Waals surface area contributed by atoms with Gasteiger partial charge < -0.3 is 4.74 Å². The minimum Gasteiger partial charge on any atom is -0.392 e. The maximum absolute atomic E-state index is 12.4. The quantitative estimate of drug-likeness (QED) is 0.407. The van der Waals surface area contributed by atoms with Gasteiger partial charge in [0.1, 0.15) is 0 Å². The van der Waals surface area contributed by atoms with E-state index >= 15 is 0 Å². The molecule has 0 saturated heterocycles. The molecule has 0 aliphatic rings. The summed E-state index contributed by atoms with van der Waals surface area (Å²) in [7, 11) is 0. The topological polar surface area (TPSA) is 43.4 Å². The van der Waals surface area contributed by atoms with Gasteiger partial charge in [0.15, 0.2) is 0 Å². The van der Waals surface area contributed by atoms with Crippen LogP contribution in [0.5, 0.6) is 0 Å². The molecule has 0 amide bonds. The molecule has 0 heterocycles. The molecule has 0 fully saturated rings. The van der Waals surface area contributed by atoms with Crippen LogP contribution in [-0.4, -0.2) is 11.9 Å². The first-order valence-electron chi connectivity index (χ1n) is 8.56. The second-order valence-electron chi connectivity index (χ2n) is 6.76. The van der Waals surface area contributed by atoms with Gasteiger partial charge in [-0.15, -0.1) is 0 Å². The van der Waals surface area contributed by atoms with Gasteiger partial charge in [0, 0.05) is 0 Å². The smallest absolute Gasteiger partial charge is 0.319 e. The minimum absolute atomic E-state index is 0.340. The van der Waals surface area contributed by atoms with Crippen molar-refractivity contribution in [2.24, 2.45) is 10.8 Å². The van der Waals surface area contributed by atoms with Gasteiger partial charge in [-0.25, -0.2) is 0 Å². The zero-order valence-corrected chi connectivity index (χ0v) is 14.9. The van der Waals surface area contributed by atoms with Crippen LogP contribution in [0, 0.1) is 10.8 Å². The second kappa shape index (κ2) is 9.22. The van der Waals surface area contributed by atoms with Crippen LogP contribution in [0.2, 0.25) is 0 Å². The molecule has 0 spiro atoms. The maximum Gasteiger partial charge on any atom is 0.319 e. The van der Waals surface area contributed by atoms with Crippen LogP contribution >= 0.6 is 0 Å². The summed E-state index contributed by atoms with van der Waals surface area (Å²) in [4.78, 5) is 24.9. The molecule has 0 aliphatic heterocycles. The third-order valence-electron chi connectivity index (χ3n) is 4.64. The Morgan fingerprint density at radius 2 is 1.24 bits per heavy atom. The van der Waals surface area contributed by atoms with Crippen molar-refractivity contribution < 1.29 is 14.3 Å². The van der Waals surface area contributed by atoms with Gasteiger partial charge >= 0.3 is 11.9 Å². The first kappa shape index (κ1) is 20.1. The van der Waals surface area contributed by atoms with E-state index in [9.17, 15) is 9.59 Å². The van der Waals surface area contributed by atoms with E-state index in [2.05, 4.69) is 20.8 Å². The Hall–Kier alpha value is -0.860. The SMILES string of the molecule is CCCCC(C)(CC)C(=O)OC(=O)C(C)(CCC)CCC. The van der Waals surface area contributed by atoms with Gasteiger partial charge in [0.05, 0.1) is 10.8 Å². The van der Waals surface area contributed by atoms with E-state index in [4.69, 9.17) is 4.74 Å². The summed E-state index contributed by atoms with van der Waals surface area (Å²) < 4.78 is 5.30. The van der Waals surface area contributed by atoms with Crippen molar-refractivity contribution in [3.8, 4) is 0 Å². The zero-order chi connectivity index (χ0) is 16.5. The normalized spacial score (nSPS) is 14.6. The average Bonchev–Trinajstić information content (AvgIpc) is 2.45. The fraction of sp³-hybridized carbons (Fsp3) is 0.889. The molecule has 1 unspecified atom stereocenters. The van der Waals surface area contributed by atoms with Crippen molar-refractivity contribution in [2.75, 3.05) is 0 Å². The molecule has 3 nitrogen and oxygen atoms in total. The lowest BCUT2D eigenvalue weighted by Gasteiger charge is -2.30. The molecule has 0 aromatic heterocycles. The van der Waals surface area contributed by atoms with Crippen molar-refractivity contribution in [3.63, 3.8) is 0 Å². The van der Waals surface area contributed by atoms with Gasteiger partial charge in [-0.3, -0.25) is 9.59 Å². The molecule has 0 radical (unpaired) electrons. The number of hydrogen-bond acceptors (Lipinski definition) is 3. The van der Waals surface area contributed by atoms with Crippen LogP contribution in [-0.2, 0) is 14.3 Å². The van der Waals surface area contributed by atoms with E-state index in [1.54, 1.807) is 0 Å². The predicted molar refractivity (Wildman–Crippen MR) is 86.9 cm³/mol. The predicted octanol–water partition coefficient (Wildman–Crippen LogP) is 5.27. The van der Waals surface area contributed by atoms with Crippen molar-refractivity contribution in [1.82, 2.24) is 0 Å². The molecule has 0 rings (SSSR count). The molecule has 3 heteroatoms. The van der Waals surface area contributed by atoms with Gasteiger partial charge in [-0.05, 0) is 39.5 Å². The molecule has 21 heavy (non-hydrogen) atoms. The van der Waals surface area contributed by atoms with Gasteiger partial charge in [0.25, 0.3) is 0 Å². The summed E-state index contributed by atoms with van der Waals surface area (Å²) in [6.45, 7) is 12.0. The highest BCUT2D eigenvalue weighted by atomic mass is 16.6. The summed E-state index contributed by atoms with van der Waals surface area (Å²) in [6, 6.07) is 0. The van der Waals surface area contributed by atoms with E-state index < -0.39 is 10.8 Å². The fourth-order valence-corrected chi connectivity index (χ4v) is 2.75. The van der Waals surface area contributed by atoms with Gasteiger partial charge in [-0.2, -0.15) is 0 Å². The number of unbranched alkanes of at least 4 members (excludes halogenated alkanes) is 1. The number of carbonyl (C=O) groups is 2. The first-order chi connectivity index (χ1) is 9.79. The molecule has 0 aromatic carbocycles. The highest BCUT2D eigenvalue weighted by Gasteiger charge is 2.39. The summed E-state index contributed by atoms with van der Waals surface area (Å²) in [5.41, 5.74) is -1.07. The lowest BCUT2D eigenvalue weighted by molar-refractivity contribution is -0.174. The Kier molecular flexibility index (Phi) is 8.84. The summed E-state index contributed by atoms with van der Waals surface area (Å²) in [5, 5.41) is 0. The van der Waals surface area contributed by atoms with Crippen molar-refractivity contribution in [1.29, 1.82) is 0 Å². The fourth-order valence-electron chi connectivity index (χ4n) is 2.75. The number of ether oxygens (including phenoxy) is 1. The van der Waals surface area contributed by atoms with Crippen LogP contribution in [0.4, 0.5) is 0 Å². The van der Waals surface area contributed by atoms with E-state index in [0.717, 1.165) is 44.9 Å². The molecule has 0 bridgehead atoms. The highest BCUT2D eigenvalue weighted by molar-refractivity contribution is 5.91.